The molecule has 0 aliphatic heterocycles. The van der Waals surface area contributed by atoms with Crippen LogP contribution >= 0.6 is 0 Å². The summed E-state index contributed by atoms with van der Waals surface area (Å²) < 4.78 is 0. The minimum Gasteiger partial charge on any atom is -0.377 e. The number of rotatable bonds is 4. The van der Waals surface area contributed by atoms with Gasteiger partial charge >= 0.3 is 0 Å². The molecule has 2 rings (SSSR count). The quantitative estimate of drug-likeness (QED) is 0.863. The second-order valence-electron chi connectivity index (χ2n) is 4.29. The Labute approximate surface area is 107 Å². The van der Waals surface area contributed by atoms with Crippen molar-refractivity contribution in [2.24, 2.45) is 0 Å². The number of carbonyl (C=O) groups is 1. The number of amides is 1. The molecule has 1 aromatic carbocycles. The molecule has 18 heavy (non-hydrogen) atoms. The van der Waals surface area contributed by atoms with Crippen molar-refractivity contribution >= 4 is 11.6 Å². The SMILES string of the molecule is CN(C)c1ccccc1CNC(=O)c1ccc[nH]1. The third kappa shape index (κ3) is 2.71. The first kappa shape index (κ1) is 12.2. The maximum absolute atomic E-state index is 11.8. The van der Waals surface area contributed by atoms with Gasteiger partial charge in [0, 0.05) is 32.5 Å². The van der Waals surface area contributed by atoms with Crippen molar-refractivity contribution in [2.75, 3.05) is 19.0 Å². The smallest absolute Gasteiger partial charge is 0.267 e. The highest BCUT2D eigenvalue weighted by molar-refractivity contribution is 5.92. The van der Waals surface area contributed by atoms with Gasteiger partial charge in [-0.3, -0.25) is 4.79 Å². The van der Waals surface area contributed by atoms with Crippen LogP contribution in [0.5, 0.6) is 0 Å². The highest BCUT2D eigenvalue weighted by Crippen LogP contribution is 2.17. The standard InChI is InChI=1S/C14H17N3O/c1-17(2)13-8-4-3-6-11(13)10-16-14(18)12-7-5-9-15-12/h3-9,15H,10H2,1-2H3,(H,16,18). The van der Waals surface area contributed by atoms with E-state index < -0.39 is 0 Å². The lowest BCUT2D eigenvalue weighted by molar-refractivity contribution is 0.0946. The molecule has 0 saturated carbocycles. The molecule has 0 fully saturated rings. The fourth-order valence-electron chi connectivity index (χ4n) is 1.84. The van der Waals surface area contributed by atoms with Crippen molar-refractivity contribution in [3.8, 4) is 0 Å². The molecule has 0 saturated heterocycles. The van der Waals surface area contributed by atoms with Crippen LogP contribution in [0, 0.1) is 0 Å². The predicted molar refractivity (Wildman–Crippen MR) is 72.7 cm³/mol. The lowest BCUT2D eigenvalue weighted by atomic mass is 10.1. The van der Waals surface area contributed by atoms with Crippen LogP contribution in [0.1, 0.15) is 16.1 Å². The number of H-pyrrole nitrogens is 1. The zero-order valence-corrected chi connectivity index (χ0v) is 10.6. The molecular formula is C14H17N3O. The molecule has 2 N–H and O–H groups in total. The van der Waals surface area contributed by atoms with Crippen LogP contribution in [0.15, 0.2) is 42.6 Å². The number of hydrogen-bond acceptors (Lipinski definition) is 2. The van der Waals surface area contributed by atoms with Gasteiger partial charge in [-0.15, -0.1) is 0 Å². The third-order valence-corrected chi connectivity index (χ3v) is 2.76. The third-order valence-electron chi connectivity index (χ3n) is 2.76. The summed E-state index contributed by atoms with van der Waals surface area (Å²) in [7, 11) is 3.98. The molecule has 0 aliphatic rings. The van der Waals surface area contributed by atoms with E-state index in [2.05, 4.69) is 10.3 Å². The summed E-state index contributed by atoms with van der Waals surface area (Å²) in [6, 6.07) is 11.6. The van der Waals surface area contributed by atoms with Gasteiger partial charge < -0.3 is 15.2 Å². The number of hydrogen-bond donors (Lipinski definition) is 2. The minimum atomic E-state index is -0.0893. The zero-order chi connectivity index (χ0) is 13.0. The predicted octanol–water partition coefficient (Wildman–Crippen LogP) is 2.01. The van der Waals surface area contributed by atoms with Crippen molar-refractivity contribution in [3.05, 3.63) is 53.9 Å². The average molecular weight is 243 g/mol. The molecular weight excluding hydrogens is 226 g/mol. The Kier molecular flexibility index (Phi) is 3.67. The molecule has 0 atom stereocenters. The van der Waals surface area contributed by atoms with Gasteiger partial charge in [-0.2, -0.15) is 0 Å². The van der Waals surface area contributed by atoms with Crippen molar-refractivity contribution in [1.29, 1.82) is 0 Å². The Morgan fingerprint density at radius 1 is 1.22 bits per heavy atom. The van der Waals surface area contributed by atoms with E-state index in [9.17, 15) is 4.79 Å². The summed E-state index contributed by atoms with van der Waals surface area (Å²) >= 11 is 0. The van der Waals surface area contributed by atoms with Crippen LogP contribution in [-0.4, -0.2) is 25.0 Å². The zero-order valence-electron chi connectivity index (χ0n) is 10.6. The summed E-state index contributed by atoms with van der Waals surface area (Å²) in [5.74, 6) is -0.0893. The molecule has 0 aliphatic carbocycles. The fraction of sp³-hybridized carbons (Fsp3) is 0.214. The normalized spacial score (nSPS) is 10.1. The lowest BCUT2D eigenvalue weighted by Gasteiger charge is -2.17. The number of para-hydroxylation sites is 1. The van der Waals surface area contributed by atoms with Gasteiger partial charge in [0.2, 0.25) is 0 Å². The Morgan fingerprint density at radius 2 is 2.00 bits per heavy atom. The van der Waals surface area contributed by atoms with Gasteiger partial charge in [0.05, 0.1) is 0 Å². The van der Waals surface area contributed by atoms with E-state index in [1.165, 1.54) is 0 Å². The lowest BCUT2D eigenvalue weighted by Crippen LogP contribution is -2.24. The van der Waals surface area contributed by atoms with Gasteiger partial charge in [-0.1, -0.05) is 18.2 Å². The highest BCUT2D eigenvalue weighted by atomic mass is 16.1. The summed E-state index contributed by atoms with van der Waals surface area (Å²) in [5, 5.41) is 2.90. The Bertz CT molecular complexity index is 518. The van der Waals surface area contributed by atoms with E-state index in [-0.39, 0.29) is 5.91 Å². The molecule has 2 aromatic rings. The largest absolute Gasteiger partial charge is 0.377 e. The van der Waals surface area contributed by atoms with Gasteiger partial charge in [0.15, 0.2) is 0 Å². The molecule has 1 aromatic heterocycles. The molecule has 0 bridgehead atoms. The second-order valence-corrected chi connectivity index (χ2v) is 4.29. The van der Waals surface area contributed by atoms with Gasteiger partial charge in [0.25, 0.3) is 5.91 Å². The van der Waals surface area contributed by atoms with E-state index in [0.717, 1.165) is 11.3 Å². The minimum absolute atomic E-state index is 0.0893. The fourth-order valence-corrected chi connectivity index (χ4v) is 1.84. The van der Waals surface area contributed by atoms with E-state index in [4.69, 9.17) is 0 Å². The first-order chi connectivity index (χ1) is 8.68. The average Bonchev–Trinajstić information content (AvgIpc) is 2.90. The van der Waals surface area contributed by atoms with Gasteiger partial charge in [-0.25, -0.2) is 0 Å². The summed E-state index contributed by atoms with van der Waals surface area (Å²) in [6.45, 7) is 0.520. The first-order valence-electron chi connectivity index (χ1n) is 5.85. The first-order valence-corrected chi connectivity index (χ1v) is 5.85. The molecule has 1 heterocycles. The van der Waals surface area contributed by atoms with Crippen LogP contribution < -0.4 is 10.2 Å². The number of anilines is 1. The monoisotopic (exact) mass is 243 g/mol. The molecule has 1 amide bonds. The van der Waals surface area contributed by atoms with Crippen LogP contribution in [0.25, 0.3) is 0 Å². The summed E-state index contributed by atoms with van der Waals surface area (Å²) in [6.07, 6.45) is 1.74. The van der Waals surface area contributed by atoms with Gasteiger partial charge in [0.1, 0.15) is 5.69 Å². The van der Waals surface area contributed by atoms with Gasteiger partial charge in [-0.05, 0) is 23.8 Å². The van der Waals surface area contributed by atoms with Crippen molar-refractivity contribution < 1.29 is 4.79 Å². The molecule has 4 nitrogen and oxygen atoms in total. The molecule has 94 valence electrons. The van der Waals surface area contributed by atoms with Crippen LogP contribution in [0.4, 0.5) is 5.69 Å². The molecule has 0 spiro atoms. The van der Waals surface area contributed by atoms with Crippen molar-refractivity contribution in [2.45, 2.75) is 6.54 Å². The number of aromatic nitrogens is 1. The number of aromatic amines is 1. The Hall–Kier alpha value is -2.23. The highest BCUT2D eigenvalue weighted by Gasteiger charge is 2.07. The number of nitrogens with one attached hydrogen (secondary N) is 2. The topological polar surface area (TPSA) is 48.1 Å². The number of benzene rings is 1. The Morgan fingerprint density at radius 3 is 2.67 bits per heavy atom. The Balaban J connectivity index is 2.04. The number of carbonyl (C=O) groups excluding carboxylic acids is 1. The summed E-state index contributed by atoms with van der Waals surface area (Å²) in [5.41, 5.74) is 2.80. The van der Waals surface area contributed by atoms with E-state index >= 15 is 0 Å². The van der Waals surface area contributed by atoms with Crippen LogP contribution in [-0.2, 0) is 6.54 Å². The van der Waals surface area contributed by atoms with E-state index in [0.29, 0.717) is 12.2 Å². The van der Waals surface area contributed by atoms with Crippen molar-refractivity contribution in [1.82, 2.24) is 10.3 Å². The van der Waals surface area contributed by atoms with Crippen molar-refractivity contribution in [3.63, 3.8) is 0 Å². The maximum Gasteiger partial charge on any atom is 0.267 e. The van der Waals surface area contributed by atoms with E-state index in [1.54, 1.807) is 12.3 Å². The number of nitrogens with zero attached hydrogens (tertiary/aromatic N) is 1. The second kappa shape index (κ2) is 5.40. The van der Waals surface area contributed by atoms with Crippen LogP contribution in [0.2, 0.25) is 0 Å². The van der Waals surface area contributed by atoms with E-state index in [1.807, 2.05) is 49.3 Å². The summed E-state index contributed by atoms with van der Waals surface area (Å²) in [4.78, 5) is 16.7. The molecule has 0 unspecified atom stereocenters. The molecule has 0 radical (unpaired) electrons. The molecule has 4 heteroatoms. The maximum atomic E-state index is 11.8. The van der Waals surface area contributed by atoms with Crippen LogP contribution in [0.3, 0.4) is 0 Å².